The number of nitrogens with one attached hydrogen (secondary N) is 2. The molecule has 0 bridgehead atoms. The van der Waals surface area contributed by atoms with Crippen LogP contribution in [0, 0.1) is 12.3 Å². The van der Waals surface area contributed by atoms with Crippen LogP contribution in [0.15, 0.2) is 72.8 Å². The van der Waals surface area contributed by atoms with Crippen molar-refractivity contribution in [2.45, 2.75) is 60.1 Å². The number of ketones is 1. The van der Waals surface area contributed by atoms with Crippen LogP contribution in [-0.4, -0.2) is 48.4 Å². The molecule has 0 aromatic heterocycles. The summed E-state index contributed by atoms with van der Waals surface area (Å²) >= 11 is 0. The summed E-state index contributed by atoms with van der Waals surface area (Å²) in [5.74, 6) is -1.02. The number of Topliss-reactive ketones (excluding diaryl/α,β-unsaturated/α-hetero) is 1. The Labute approximate surface area is 253 Å². The molecule has 0 spiro atoms. The molecule has 0 radical (unpaired) electrons. The molecular weight excluding hydrogens is 544 g/mol. The van der Waals surface area contributed by atoms with Crippen molar-refractivity contribution in [2.24, 2.45) is 5.41 Å². The lowest BCUT2D eigenvalue weighted by molar-refractivity contribution is -0.127. The Morgan fingerprint density at radius 3 is 2.23 bits per heavy atom. The van der Waals surface area contributed by atoms with Crippen LogP contribution in [0.25, 0.3) is 0 Å². The Balaban J connectivity index is 1.66. The minimum Gasteiger partial charge on any atom is -0.456 e. The lowest BCUT2D eigenvalue weighted by Gasteiger charge is -2.28. The SMILES string of the molecule is Cc1ccc2c(c1)N(CC(=O)C(C)(C)C)C(=O)C(NC(=O)Nc1cccc(C(=O)OC(C)(C)C)c1)CN2c1ccccc1. The molecule has 0 fully saturated rings. The molecule has 3 aromatic carbocycles. The normalized spacial score (nSPS) is 15.3. The molecule has 1 heterocycles. The fourth-order valence-electron chi connectivity index (χ4n) is 4.63. The minimum absolute atomic E-state index is 0.108. The van der Waals surface area contributed by atoms with Crippen LogP contribution in [0.1, 0.15) is 57.5 Å². The third-order valence-electron chi connectivity index (χ3n) is 6.91. The summed E-state index contributed by atoms with van der Waals surface area (Å²) in [5, 5.41) is 5.56. The summed E-state index contributed by atoms with van der Waals surface area (Å²) in [6, 6.07) is 20.2. The summed E-state index contributed by atoms with van der Waals surface area (Å²) in [5.41, 5.74) is 2.42. The number of carbonyl (C=O) groups is 4. The number of rotatable bonds is 6. The van der Waals surface area contributed by atoms with Crippen molar-refractivity contribution < 1.29 is 23.9 Å². The Bertz CT molecular complexity index is 1520. The number of ether oxygens (including phenoxy) is 1. The molecule has 3 amide bonds. The Kier molecular flexibility index (Phi) is 8.94. The van der Waals surface area contributed by atoms with E-state index in [1.807, 2.05) is 81.1 Å². The maximum atomic E-state index is 14.2. The van der Waals surface area contributed by atoms with E-state index in [0.717, 1.165) is 16.9 Å². The number of para-hydroxylation sites is 1. The molecule has 1 aliphatic heterocycles. The summed E-state index contributed by atoms with van der Waals surface area (Å²) in [4.78, 5) is 56.7. The first-order chi connectivity index (χ1) is 20.1. The predicted molar refractivity (Wildman–Crippen MR) is 169 cm³/mol. The number of anilines is 4. The summed E-state index contributed by atoms with van der Waals surface area (Å²) < 4.78 is 5.44. The van der Waals surface area contributed by atoms with Crippen molar-refractivity contribution in [2.75, 3.05) is 28.2 Å². The first kappa shape index (κ1) is 31.3. The van der Waals surface area contributed by atoms with Gasteiger partial charge in [0.1, 0.15) is 11.6 Å². The van der Waals surface area contributed by atoms with Gasteiger partial charge in [0.2, 0.25) is 0 Å². The largest absolute Gasteiger partial charge is 0.456 e. The number of carbonyl (C=O) groups excluding carboxylic acids is 4. The highest BCUT2D eigenvalue weighted by atomic mass is 16.6. The highest BCUT2D eigenvalue weighted by Gasteiger charge is 2.37. The highest BCUT2D eigenvalue weighted by molar-refractivity contribution is 6.08. The van der Waals surface area contributed by atoms with E-state index >= 15 is 0 Å². The fourth-order valence-corrected chi connectivity index (χ4v) is 4.63. The maximum Gasteiger partial charge on any atom is 0.338 e. The number of esters is 1. The van der Waals surface area contributed by atoms with Gasteiger partial charge in [-0.2, -0.15) is 0 Å². The Hall–Kier alpha value is -4.66. The zero-order valence-electron chi connectivity index (χ0n) is 25.9. The standard InChI is InChI=1S/C34H40N4O5/c1-22-16-17-27-28(18-22)38(21-29(39)33(2,3)4)30(40)26(20-37(27)25-14-9-8-10-15-25)36-32(42)35-24-13-11-12-23(19-24)31(41)43-34(5,6)7/h8-19,26H,20-21H2,1-7H3,(H2,35,36,42). The third-order valence-corrected chi connectivity index (χ3v) is 6.91. The summed E-state index contributed by atoms with van der Waals surface area (Å²) in [6.45, 7) is 12.7. The second-order valence-electron chi connectivity index (χ2n) is 12.8. The van der Waals surface area contributed by atoms with Crippen LogP contribution in [0.2, 0.25) is 0 Å². The maximum absolute atomic E-state index is 14.2. The third kappa shape index (κ3) is 7.80. The predicted octanol–water partition coefficient (Wildman–Crippen LogP) is 6.24. The van der Waals surface area contributed by atoms with E-state index in [1.54, 1.807) is 39.0 Å². The van der Waals surface area contributed by atoms with E-state index in [0.29, 0.717) is 11.4 Å². The lowest BCUT2D eigenvalue weighted by Crippen LogP contribution is -2.54. The molecule has 9 heteroatoms. The molecule has 0 saturated heterocycles. The van der Waals surface area contributed by atoms with Crippen LogP contribution in [-0.2, 0) is 14.3 Å². The van der Waals surface area contributed by atoms with Crippen molar-refractivity contribution in [3.05, 3.63) is 83.9 Å². The van der Waals surface area contributed by atoms with E-state index in [4.69, 9.17) is 4.74 Å². The van der Waals surface area contributed by atoms with Gasteiger partial charge >= 0.3 is 12.0 Å². The average Bonchev–Trinajstić information content (AvgIpc) is 3.02. The van der Waals surface area contributed by atoms with Gasteiger partial charge in [-0.05, 0) is 75.7 Å². The fraction of sp³-hybridized carbons (Fsp3) is 0.353. The minimum atomic E-state index is -1.00. The smallest absolute Gasteiger partial charge is 0.338 e. The first-order valence-electron chi connectivity index (χ1n) is 14.3. The highest BCUT2D eigenvalue weighted by Crippen LogP contribution is 2.38. The van der Waals surface area contributed by atoms with Crippen LogP contribution in [0.4, 0.5) is 27.5 Å². The molecule has 1 aliphatic rings. The molecule has 1 atom stereocenters. The number of hydrogen-bond donors (Lipinski definition) is 2. The molecule has 2 N–H and O–H groups in total. The van der Waals surface area contributed by atoms with Gasteiger partial charge in [0, 0.05) is 16.8 Å². The van der Waals surface area contributed by atoms with Crippen molar-refractivity contribution >= 4 is 46.4 Å². The first-order valence-corrected chi connectivity index (χ1v) is 14.3. The van der Waals surface area contributed by atoms with Crippen LogP contribution in [0.3, 0.4) is 0 Å². The monoisotopic (exact) mass is 584 g/mol. The summed E-state index contributed by atoms with van der Waals surface area (Å²) in [7, 11) is 0. The average molecular weight is 585 g/mol. The molecular formula is C34H40N4O5. The van der Waals surface area contributed by atoms with E-state index in [2.05, 4.69) is 10.6 Å². The molecule has 4 rings (SSSR count). The van der Waals surface area contributed by atoms with Crippen molar-refractivity contribution in [3.63, 3.8) is 0 Å². The van der Waals surface area contributed by atoms with Gasteiger partial charge < -0.3 is 25.2 Å². The molecule has 9 nitrogen and oxygen atoms in total. The number of amides is 3. The van der Waals surface area contributed by atoms with E-state index in [1.165, 1.54) is 11.0 Å². The van der Waals surface area contributed by atoms with Gasteiger partial charge in [0.25, 0.3) is 5.91 Å². The van der Waals surface area contributed by atoms with Crippen LogP contribution < -0.4 is 20.4 Å². The molecule has 1 unspecified atom stereocenters. The topological polar surface area (TPSA) is 108 Å². The van der Waals surface area contributed by atoms with Gasteiger partial charge in [0.15, 0.2) is 5.78 Å². The zero-order chi connectivity index (χ0) is 31.5. The second-order valence-corrected chi connectivity index (χ2v) is 12.8. The zero-order valence-corrected chi connectivity index (χ0v) is 25.9. The molecule has 0 aliphatic carbocycles. The molecule has 226 valence electrons. The number of aryl methyl sites for hydroxylation is 1. The van der Waals surface area contributed by atoms with E-state index in [9.17, 15) is 19.2 Å². The van der Waals surface area contributed by atoms with Crippen molar-refractivity contribution in [1.82, 2.24) is 5.32 Å². The summed E-state index contributed by atoms with van der Waals surface area (Å²) in [6.07, 6.45) is 0. The number of nitrogens with zero attached hydrogens (tertiary/aromatic N) is 2. The number of benzene rings is 3. The van der Waals surface area contributed by atoms with Gasteiger partial charge in [-0.25, -0.2) is 9.59 Å². The van der Waals surface area contributed by atoms with Gasteiger partial charge in [-0.1, -0.05) is 51.1 Å². The Morgan fingerprint density at radius 1 is 0.884 bits per heavy atom. The van der Waals surface area contributed by atoms with E-state index < -0.39 is 35.0 Å². The number of hydrogen-bond acceptors (Lipinski definition) is 6. The molecule has 43 heavy (non-hydrogen) atoms. The van der Waals surface area contributed by atoms with Crippen molar-refractivity contribution in [3.8, 4) is 0 Å². The van der Waals surface area contributed by atoms with Gasteiger partial charge in [-0.15, -0.1) is 0 Å². The van der Waals surface area contributed by atoms with Crippen LogP contribution >= 0.6 is 0 Å². The van der Waals surface area contributed by atoms with Gasteiger partial charge in [-0.3, -0.25) is 9.59 Å². The Morgan fingerprint density at radius 2 is 1.58 bits per heavy atom. The lowest BCUT2D eigenvalue weighted by atomic mass is 9.90. The number of fused-ring (bicyclic) bond motifs is 1. The second kappa shape index (κ2) is 12.3. The van der Waals surface area contributed by atoms with E-state index in [-0.39, 0.29) is 24.4 Å². The quantitative estimate of drug-likeness (QED) is 0.332. The van der Waals surface area contributed by atoms with Gasteiger partial charge in [0.05, 0.1) is 30.0 Å². The van der Waals surface area contributed by atoms with Crippen molar-refractivity contribution in [1.29, 1.82) is 0 Å². The number of urea groups is 1. The van der Waals surface area contributed by atoms with Crippen LogP contribution in [0.5, 0.6) is 0 Å². The molecule has 0 saturated carbocycles. The molecule has 3 aromatic rings.